The van der Waals surface area contributed by atoms with E-state index in [0.29, 0.717) is 17.5 Å². The van der Waals surface area contributed by atoms with E-state index in [2.05, 4.69) is 22.1 Å². The first-order valence-electron chi connectivity index (χ1n) is 9.56. The number of carbonyl (C=O) groups excluding carboxylic acids is 1. The van der Waals surface area contributed by atoms with Crippen LogP contribution < -0.4 is 10.1 Å². The Hall–Kier alpha value is -3.20. The van der Waals surface area contributed by atoms with Gasteiger partial charge in [-0.1, -0.05) is 42.1 Å². The first kappa shape index (κ1) is 22.5. The standard InChI is InChI=1S/C22H22F2N4O2S/c1-3-12-28-20(13-30-19-7-5-4-6-18(19)24)26-27-22(28)31-14-21(29)25-15(2)16-8-10-17(23)11-9-16/h3-11,15H,1,12-14H2,2H3,(H,25,29). The van der Waals surface area contributed by atoms with Gasteiger partial charge >= 0.3 is 0 Å². The van der Waals surface area contributed by atoms with Crippen LogP contribution in [0, 0.1) is 11.6 Å². The third-order valence-electron chi connectivity index (χ3n) is 4.38. The lowest BCUT2D eigenvalue weighted by molar-refractivity contribution is -0.119. The number of carbonyl (C=O) groups is 1. The van der Waals surface area contributed by atoms with Gasteiger partial charge in [-0.15, -0.1) is 16.8 Å². The number of allylic oxidation sites excluding steroid dienone is 1. The number of nitrogens with one attached hydrogen (secondary N) is 1. The molecule has 3 aromatic rings. The number of benzene rings is 2. The van der Waals surface area contributed by atoms with Crippen LogP contribution in [-0.4, -0.2) is 26.4 Å². The molecule has 1 unspecified atom stereocenters. The topological polar surface area (TPSA) is 69.0 Å². The number of ether oxygens (including phenoxy) is 1. The van der Waals surface area contributed by atoms with E-state index in [0.717, 1.165) is 5.56 Å². The maximum atomic E-state index is 13.8. The van der Waals surface area contributed by atoms with Gasteiger partial charge in [0, 0.05) is 6.54 Å². The number of aromatic nitrogens is 3. The average Bonchev–Trinajstić information content (AvgIpc) is 3.14. The minimum absolute atomic E-state index is 0.0239. The molecular weight excluding hydrogens is 422 g/mol. The molecule has 0 spiro atoms. The molecule has 0 bridgehead atoms. The number of hydrogen-bond donors (Lipinski definition) is 1. The summed E-state index contributed by atoms with van der Waals surface area (Å²) in [5, 5.41) is 11.6. The molecule has 0 aliphatic heterocycles. The fraction of sp³-hybridized carbons (Fsp3) is 0.227. The average molecular weight is 445 g/mol. The number of thioether (sulfide) groups is 1. The quantitative estimate of drug-likeness (QED) is 0.373. The Morgan fingerprint density at radius 1 is 1.23 bits per heavy atom. The van der Waals surface area contributed by atoms with Crippen molar-refractivity contribution in [2.45, 2.75) is 31.3 Å². The third kappa shape index (κ3) is 6.14. The van der Waals surface area contributed by atoms with Crippen LogP contribution in [0.2, 0.25) is 0 Å². The number of halogens is 2. The van der Waals surface area contributed by atoms with Crippen LogP contribution >= 0.6 is 11.8 Å². The Kier molecular flexibility index (Phi) is 7.77. The Balaban J connectivity index is 1.59. The van der Waals surface area contributed by atoms with E-state index in [-0.39, 0.29) is 35.9 Å². The summed E-state index contributed by atoms with van der Waals surface area (Å²) in [6.07, 6.45) is 1.68. The minimum Gasteiger partial charge on any atom is -0.483 e. The van der Waals surface area contributed by atoms with Crippen molar-refractivity contribution in [3.05, 3.63) is 84.2 Å². The molecule has 1 N–H and O–H groups in total. The molecule has 0 fully saturated rings. The predicted octanol–water partition coefficient (Wildman–Crippen LogP) is 4.29. The molecule has 9 heteroatoms. The lowest BCUT2D eigenvalue weighted by atomic mass is 10.1. The molecule has 2 aromatic carbocycles. The van der Waals surface area contributed by atoms with Crippen molar-refractivity contribution in [2.24, 2.45) is 0 Å². The summed E-state index contributed by atoms with van der Waals surface area (Å²) in [5.74, 6) is -0.244. The van der Waals surface area contributed by atoms with Gasteiger partial charge in [0.1, 0.15) is 12.4 Å². The molecule has 6 nitrogen and oxygen atoms in total. The van der Waals surface area contributed by atoms with Gasteiger partial charge in [-0.2, -0.15) is 0 Å². The van der Waals surface area contributed by atoms with E-state index >= 15 is 0 Å². The van der Waals surface area contributed by atoms with E-state index in [4.69, 9.17) is 4.74 Å². The van der Waals surface area contributed by atoms with Crippen molar-refractivity contribution in [3.63, 3.8) is 0 Å². The van der Waals surface area contributed by atoms with Crippen LogP contribution in [0.4, 0.5) is 8.78 Å². The highest BCUT2D eigenvalue weighted by Crippen LogP contribution is 2.21. The smallest absolute Gasteiger partial charge is 0.230 e. The number of nitrogens with zero attached hydrogens (tertiary/aromatic N) is 3. The summed E-state index contributed by atoms with van der Waals surface area (Å²) in [5.41, 5.74) is 0.808. The van der Waals surface area contributed by atoms with Gasteiger partial charge < -0.3 is 10.1 Å². The second-order valence-electron chi connectivity index (χ2n) is 6.65. The Morgan fingerprint density at radius 2 is 1.97 bits per heavy atom. The lowest BCUT2D eigenvalue weighted by Crippen LogP contribution is -2.28. The van der Waals surface area contributed by atoms with Gasteiger partial charge in [0.25, 0.3) is 0 Å². The molecule has 1 heterocycles. The molecular formula is C22H22F2N4O2S. The van der Waals surface area contributed by atoms with Gasteiger partial charge in [-0.3, -0.25) is 9.36 Å². The zero-order chi connectivity index (χ0) is 22.2. The van der Waals surface area contributed by atoms with Crippen LogP contribution in [0.25, 0.3) is 0 Å². The molecule has 1 amide bonds. The fourth-order valence-electron chi connectivity index (χ4n) is 2.80. The van der Waals surface area contributed by atoms with Crippen molar-refractivity contribution in [1.82, 2.24) is 20.1 Å². The lowest BCUT2D eigenvalue weighted by Gasteiger charge is -2.14. The molecule has 0 saturated heterocycles. The van der Waals surface area contributed by atoms with Crippen molar-refractivity contribution in [1.29, 1.82) is 0 Å². The number of hydrogen-bond acceptors (Lipinski definition) is 5. The molecule has 0 radical (unpaired) electrons. The van der Waals surface area contributed by atoms with Gasteiger partial charge in [0.2, 0.25) is 5.91 Å². The maximum absolute atomic E-state index is 13.8. The summed E-state index contributed by atoms with van der Waals surface area (Å²) >= 11 is 1.22. The van der Waals surface area contributed by atoms with E-state index < -0.39 is 5.82 Å². The van der Waals surface area contributed by atoms with Gasteiger partial charge in [-0.05, 0) is 36.8 Å². The van der Waals surface area contributed by atoms with Crippen LogP contribution in [-0.2, 0) is 17.9 Å². The monoisotopic (exact) mass is 444 g/mol. The second-order valence-corrected chi connectivity index (χ2v) is 7.59. The summed E-state index contributed by atoms with van der Waals surface area (Å²) in [6.45, 7) is 6.00. The molecule has 1 atom stereocenters. The highest BCUT2D eigenvalue weighted by atomic mass is 32.2. The number of para-hydroxylation sites is 1. The Labute approximate surface area is 183 Å². The summed E-state index contributed by atoms with van der Waals surface area (Å²) < 4.78 is 34.1. The van der Waals surface area contributed by atoms with E-state index in [1.807, 2.05) is 6.92 Å². The molecule has 0 saturated carbocycles. The minimum atomic E-state index is -0.459. The van der Waals surface area contributed by atoms with E-state index in [9.17, 15) is 13.6 Å². The van der Waals surface area contributed by atoms with E-state index in [1.165, 1.54) is 36.0 Å². The zero-order valence-electron chi connectivity index (χ0n) is 16.9. The van der Waals surface area contributed by atoms with Crippen molar-refractivity contribution in [2.75, 3.05) is 5.75 Å². The van der Waals surface area contributed by atoms with Crippen molar-refractivity contribution >= 4 is 17.7 Å². The predicted molar refractivity (Wildman–Crippen MR) is 115 cm³/mol. The first-order chi connectivity index (χ1) is 15.0. The molecule has 1 aromatic heterocycles. The maximum Gasteiger partial charge on any atom is 0.230 e. The zero-order valence-corrected chi connectivity index (χ0v) is 17.7. The van der Waals surface area contributed by atoms with Crippen LogP contribution in [0.15, 0.2) is 66.3 Å². The molecule has 0 aliphatic carbocycles. The van der Waals surface area contributed by atoms with Crippen LogP contribution in [0.1, 0.15) is 24.4 Å². The van der Waals surface area contributed by atoms with E-state index in [1.54, 1.807) is 34.9 Å². The summed E-state index contributed by atoms with van der Waals surface area (Å²) in [7, 11) is 0. The molecule has 0 aliphatic rings. The van der Waals surface area contributed by atoms with Crippen LogP contribution in [0.3, 0.4) is 0 Å². The Morgan fingerprint density at radius 3 is 2.68 bits per heavy atom. The molecule has 162 valence electrons. The third-order valence-corrected chi connectivity index (χ3v) is 5.35. The summed E-state index contributed by atoms with van der Waals surface area (Å²) in [6, 6.07) is 11.8. The normalized spacial score (nSPS) is 11.7. The first-order valence-corrected chi connectivity index (χ1v) is 10.5. The highest BCUT2D eigenvalue weighted by Gasteiger charge is 2.16. The molecule has 3 rings (SSSR count). The van der Waals surface area contributed by atoms with Crippen molar-refractivity contribution < 1.29 is 18.3 Å². The highest BCUT2D eigenvalue weighted by molar-refractivity contribution is 7.99. The van der Waals surface area contributed by atoms with Crippen LogP contribution in [0.5, 0.6) is 5.75 Å². The number of amides is 1. The number of rotatable bonds is 10. The van der Waals surface area contributed by atoms with Crippen molar-refractivity contribution in [3.8, 4) is 5.75 Å². The molecule has 31 heavy (non-hydrogen) atoms. The van der Waals surface area contributed by atoms with Gasteiger partial charge in [-0.25, -0.2) is 8.78 Å². The Bertz CT molecular complexity index is 1040. The largest absolute Gasteiger partial charge is 0.483 e. The second kappa shape index (κ2) is 10.7. The van der Waals surface area contributed by atoms with Gasteiger partial charge in [0.15, 0.2) is 22.5 Å². The SMILES string of the molecule is C=CCn1c(COc2ccccc2F)nnc1SCC(=O)NC(C)c1ccc(F)cc1. The fourth-order valence-corrected chi connectivity index (χ4v) is 3.57. The summed E-state index contributed by atoms with van der Waals surface area (Å²) in [4.78, 5) is 12.3. The van der Waals surface area contributed by atoms with Gasteiger partial charge in [0.05, 0.1) is 11.8 Å².